The molecule has 65 heavy (non-hydrogen) atoms. The molecule has 0 aromatic carbocycles. The Hall–Kier alpha value is -1.73. The molecule has 0 N–H and O–H groups in total. The molecule has 2 fully saturated rings. The van der Waals surface area contributed by atoms with E-state index in [4.69, 9.17) is 14.2 Å². The molecule has 6 nitrogen and oxygen atoms in total. The molecule has 2 bridgehead atoms. The first-order chi connectivity index (χ1) is 31.4. The van der Waals surface area contributed by atoms with E-state index in [0.717, 1.165) is 96.3 Å². The summed E-state index contributed by atoms with van der Waals surface area (Å²) >= 11 is 0. The molecule has 382 valence electrons. The number of esters is 2. The Balaban J connectivity index is 2.14. The highest BCUT2D eigenvalue weighted by Gasteiger charge is 2.55. The second-order valence-corrected chi connectivity index (χ2v) is 22.5. The summed E-state index contributed by atoms with van der Waals surface area (Å²) in [5, 5.41) is 0. The highest BCUT2D eigenvalue weighted by Crippen LogP contribution is 2.60. The number of hydrogen-bond donors (Lipinski definition) is 0. The van der Waals surface area contributed by atoms with Gasteiger partial charge < -0.3 is 14.2 Å². The van der Waals surface area contributed by atoms with Crippen LogP contribution in [0.1, 0.15) is 279 Å². The maximum atomic E-state index is 16.4. The quantitative estimate of drug-likeness (QED) is 0.0262. The zero-order valence-electron chi connectivity index (χ0n) is 43.5. The van der Waals surface area contributed by atoms with Gasteiger partial charge in [-0.25, -0.2) is 18.4 Å². The summed E-state index contributed by atoms with van der Waals surface area (Å²) in [6, 6.07) is 0. The van der Waals surface area contributed by atoms with E-state index < -0.39 is 35.1 Å². The Morgan fingerprint density at radius 1 is 0.477 bits per heavy atom. The van der Waals surface area contributed by atoms with Crippen LogP contribution in [0.5, 0.6) is 0 Å². The van der Waals surface area contributed by atoms with Crippen molar-refractivity contribution in [3.8, 4) is 0 Å². The predicted molar refractivity (Wildman–Crippen MR) is 266 cm³/mol. The van der Waals surface area contributed by atoms with Crippen LogP contribution in [0.3, 0.4) is 0 Å². The first kappa shape index (κ1) is 59.4. The van der Waals surface area contributed by atoms with Crippen LogP contribution in [-0.4, -0.2) is 50.6 Å². The number of hydrogen-bond acceptors (Lipinski definition) is 6. The van der Waals surface area contributed by atoms with Crippen LogP contribution in [-0.2, 0) is 28.6 Å². The molecule has 0 aromatic heterocycles. The lowest BCUT2D eigenvalue weighted by atomic mass is 9.49. The Labute approximate surface area is 399 Å². The number of fused-ring (bicyclic) bond motifs is 2. The lowest BCUT2D eigenvalue weighted by Crippen LogP contribution is -2.52. The first-order valence-corrected chi connectivity index (χ1v) is 28.1. The van der Waals surface area contributed by atoms with E-state index in [0.29, 0.717) is 45.0 Å². The van der Waals surface area contributed by atoms with Crippen molar-refractivity contribution in [3.63, 3.8) is 0 Å². The van der Waals surface area contributed by atoms with E-state index in [1.165, 1.54) is 103 Å². The number of rotatable bonds is 43. The maximum absolute atomic E-state index is 16.4. The van der Waals surface area contributed by atoms with E-state index in [9.17, 15) is 14.4 Å². The normalized spacial score (nSPS) is 22.8. The third-order valence-electron chi connectivity index (χ3n) is 15.5. The van der Waals surface area contributed by atoms with Crippen molar-refractivity contribution >= 4 is 18.4 Å². The van der Waals surface area contributed by atoms with E-state index in [-0.39, 0.29) is 43.0 Å². The van der Waals surface area contributed by atoms with Crippen LogP contribution in [0, 0.1) is 34.0 Å². The second-order valence-electron chi connectivity index (χ2n) is 22.5. The van der Waals surface area contributed by atoms with E-state index in [1.807, 2.05) is 0 Å². The minimum atomic E-state index is -1.66. The lowest BCUT2D eigenvalue weighted by molar-refractivity contribution is -0.173. The van der Waals surface area contributed by atoms with Crippen LogP contribution >= 0.6 is 0 Å². The summed E-state index contributed by atoms with van der Waals surface area (Å²) in [6.07, 6.45) is 35.5. The number of unbranched alkanes of at least 4 members (excludes halogenated alkanes) is 24. The Morgan fingerprint density at radius 2 is 0.785 bits per heavy atom. The Bertz CT molecular complexity index is 1180. The number of carbonyl (C=O) groups is 3. The average Bonchev–Trinajstić information content (AvgIpc) is 3.28. The van der Waals surface area contributed by atoms with E-state index >= 15 is 8.78 Å². The van der Waals surface area contributed by atoms with Crippen LogP contribution in [0.4, 0.5) is 8.78 Å². The minimum absolute atomic E-state index is 0.0786. The molecule has 6 atom stereocenters. The SMILES string of the molecule is CCCCCCCCCC(CCCCCCCCC)C(F)C(=O)OCC1(C)CC2CC(C)(COC=O)CC(COC(=O)C(F)C(CCCCCCCCC)CCCCCCCCC)(C2)C1. The molecule has 0 saturated heterocycles. The predicted octanol–water partition coefficient (Wildman–Crippen LogP) is 17.3. The standard InChI is InChI=1S/C57H104F2O6/c1-7-11-15-19-23-27-31-35-49(36-32-28-24-20-16-12-8-2)51(58)53(61)64-45-56(6)40-48-39-55(5,44-63-47-60)42-57(41-48,43-56)46-65-54(62)52(59)50(37-33-29-25-21-17-13-9-3)38-34-30-26-22-18-14-10-4/h47-52H,7-46H2,1-6H3. The zero-order chi connectivity index (χ0) is 47.7. The van der Waals surface area contributed by atoms with Gasteiger partial charge in [0.1, 0.15) is 0 Å². The van der Waals surface area contributed by atoms with Gasteiger partial charge in [0.25, 0.3) is 6.47 Å². The van der Waals surface area contributed by atoms with Crippen molar-refractivity contribution in [1.82, 2.24) is 0 Å². The first-order valence-electron chi connectivity index (χ1n) is 28.1. The molecule has 8 heteroatoms. The van der Waals surface area contributed by atoms with Crippen molar-refractivity contribution in [3.05, 3.63) is 0 Å². The number of carbonyl (C=O) groups excluding carboxylic acids is 3. The molecule has 2 rings (SSSR count). The summed E-state index contributed by atoms with van der Waals surface area (Å²) in [5.74, 6) is -1.97. The van der Waals surface area contributed by atoms with Crippen molar-refractivity contribution in [1.29, 1.82) is 0 Å². The highest BCUT2D eigenvalue weighted by molar-refractivity contribution is 5.75. The third kappa shape index (κ3) is 25.5. The number of alkyl halides is 2. The van der Waals surface area contributed by atoms with Gasteiger partial charge >= 0.3 is 11.9 Å². The summed E-state index contributed by atoms with van der Waals surface area (Å²) < 4.78 is 50.1. The fourth-order valence-electron chi connectivity index (χ4n) is 12.3. The van der Waals surface area contributed by atoms with Gasteiger partial charge in [0.15, 0.2) is 12.3 Å². The summed E-state index contributed by atoms with van der Waals surface area (Å²) in [4.78, 5) is 38.8. The topological polar surface area (TPSA) is 78.9 Å². The monoisotopic (exact) mass is 923 g/mol. The molecule has 0 radical (unpaired) electrons. The molecular formula is C57H104F2O6. The van der Waals surface area contributed by atoms with Gasteiger partial charge in [0, 0.05) is 28.1 Å². The summed E-state index contributed by atoms with van der Waals surface area (Å²) in [6.45, 7) is 14.1. The number of halogens is 2. The van der Waals surface area contributed by atoms with Gasteiger partial charge in [-0.05, 0) is 63.7 Å². The van der Waals surface area contributed by atoms with E-state index in [1.54, 1.807) is 0 Å². The molecule has 0 amide bonds. The van der Waals surface area contributed by atoms with Crippen molar-refractivity contribution in [2.24, 2.45) is 34.0 Å². The van der Waals surface area contributed by atoms with Crippen LogP contribution in [0.2, 0.25) is 0 Å². The van der Waals surface area contributed by atoms with Gasteiger partial charge in [-0.2, -0.15) is 0 Å². The smallest absolute Gasteiger partial charge is 0.341 e. The van der Waals surface area contributed by atoms with Crippen LogP contribution in [0.15, 0.2) is 0 Å². The lowest BCUT2D eigenvalue weighted by Gasteiger charge is -2.57. The molecule has 0 aliphatic heterocycles. The number of ether oxygens (including phenoxy) is 3. The van der Waals surface area contributed by atoms with Crippen LogP contribution in [0.25, 0.3) is 0 Å². The summed E-state index contributed by atoms with van der Waals surface area (Å²) in [5.41, 5.74) is -1.30. The Morgan fingerprint density at radius 3 is 1.12 bits per heavy atom. The molecular weight excluding hydrogens is 819 g/mol. The molecule has 0 aromatic rings. The third-order valence-corrected chi connectivity index (χ3v) is 15.5. The molecule has 6 unspecified atom stereocenters. The molecule has 2 aliphatic rings. The van der Waals surface area contributed by atoms with Gasteiger partial charge in [-0.15, -0.1) is 0 Å². The van der Waals surface area contributed by atoms with Gasteiger partial charge in [0.05, 0.1) is 19.8 Å². The van der Waals surface area contributed by atoms with Gasteiger partial charge in [-0.1, -0.05) is 221 Å². The largest absolute Gasteiger partial charge is 0.467 e. The van der Waals surface area contributed by atoms with Crippen molar-refractivity contribution < 1.29 is 37.4 Å². The van der Waals surface area contributed by atoms with Crippen molar-refractivity contribution in [2.45, 2.75) is 291 Å². The highest BCUT2D eigenvalue weighted by atomic mass is 19.1. The molecule has 0 spiro atoms. The van der Waals surface area contributed by atoms with Crippen molar-refractivity contribution in [2.75, 3.05) is 19.8 Å². The molecule has 2 aliphatic carbocycles. The fourth-order valence-corrected chi connectivity index (χ4v) is 12.3. The minimum Gasteiger partial charge on any atom is -0.467 e. The summed E-state index contributed by atoms with van der Waals surface area (Å²) in [7, 11) is 0. The molecule has 2 saturated carbocycles. The molecule has 0 heterocycles. The van der Waals surface area contributed by atoms with E-state index in [2.05, 4.69) is 41.5 Å². The second kappa shape index (κ2) is 35.4. The fraction of sp³-hybridized carbons (Fsp3) is 0.947. The van der Waals surface area contributed by atoms with Gasteiger partial charge in [-0.3, -0.25) is 4.79 Å². The zero-order valence-corrected chi connectivity index (χ0v) is 43.5. The Kier molecular flexibility index (Phi) is 32.3. The van der Waals surface area contributed by atoms with Gasteiger partial charge in [0.2, 0.25) is 0 Å². The van der Waals surface area contributed by atoms with Crippen LogP contribution < -0.4 is 0 Å². The maximum Gasteiger partial charge on any atom is 0.341 e. The average molecular weight is 923 g/mol.